The lowest BCUT2D eigenvalue weighted by molar-refractivity contribution is 0.284. The molecule has 3 aromatic carbocycles. The molecule has 1 N–H and O–H groups in total. The Labute approximate surface area is 182 Å². The van der Waals surface area contributed by atoms with Crippen LogP contribution in [-0.4, -0.2) is 28.3 Å². The van der Waals surface area contributed by atoms with Crippen LogP contribution in [0.15, 0.2) is 82.8 Å². The maximum atomic E-state index is 12.4. The van der Waals surface area contributed by atoms with Gasteiger partial charge in [0, 0.05) is 0 Å². The molecular formula is C23H24N2O5S. The highest BCUT2D eigenvalue weighted by Gasteiger charge is 2.12. The van der Waals surface area contributed by atoms with Crippen LogP contribution in [0.25, 0.3) is 0 Å². The fourth-order valence-corrected chi connectivity index (χ4v) is 3.52. The Hall–Kier alpha value is -3.52. The molecule has 0 atom stereocenters. The van der Waals surface area contributed by atoms with E-state index >= 15 is 0 Å². The number of ether oxygens (including phenoxy) is 3. The molecule has 0 unspecified atom stereocenters. The van der Waals surface area contributed by atoms with E-state index in [0.29, 0.717) is 36.0 Å². The average Bonchev–Trinajstić information content (AvgIpc) is 2.79. The Morgan fingerprint density at radius 1 is 0.935 bits per heavy atom. The number of hydrogen-bond donors (Lipinski definition) is 1. The fourth-order valence-electron chi connectivity index (χ4n) is 2.73. The van der Waals surface area contributed by atoms with E-state index in [1.807, 2.05) is 37.3 Å². The maximum Gasteiger partial charge on any atom is 0.276 e. The molecule has 0 fully saturated rings. The molecule has 3 rings (SSSR count). The van der Waals surface area contributed by atoms with E-state index in [1.54, 1.807) is 37.4 Å². The fraction of sp³-hybridized carbons (Fsp3) is 0.174. The quantitative estimate of drug-likeness (QED) is 0.381. The molecule has 0 saturated carbocycles. The van der Waals surface area contributed by atoms with Gasteiger partial charge in [0.15, 0.2) is 11.5 Å². The van der Waals surface area contributed by atoms with Crippen LogP contribution in [0.4, 0.5) is 0 Å². The Morgan fingerprint density at radius 2 is 1.68 bits per heavy atom. The maximum absolute atomic E-state index is 12.4. The van der Waals surface area contributed by atoms with Crippen LogP contribution < -0.4 is 19.0 Å². The van der Waals surface area contributed by atoms with Crippen molar-refractivity contribution in [3.63, 3.8) is 0 Å². The van der Waals surface area contributed by atoms with Crippen LogP contribution in [-0.2, 0) is 16.6 Å². The van der Waals surface area contributed by atoms with Gasteiger partial charge in [-0.1, -0.05) is 30.3 Å². The van der Waals surface area contributed by atoms with Gasteiger partial charge < -0.3 is 14.2 Å². The van der Waals surface area contributed by atoms with Crippen LogP contribution >= 0.6 is 0 Å². The van der Waals surface area contributed by atoms with Crippen molar-refractivity contribution in [2.45, 2.75) is 18.4 Å². The predicted octanol–water partition coefficient (Wildman–Crippen LogP) is 3.99. The molecule has 0 radical (unpaired) electrons. The van der Waals surface area contributed by atoms with Gasteiger partial charge >= 0.3 is 0 Å². The van der Waals surface area contributed by atoms with Gasteiger partial charge in [-0.2, -0.15) is 13.5 Å². The van der Waals surface area contributed by atoms with Gasteiger partial charge in [-0.25, -0.2) is 4.83 Å². The van der Waals surface area contributed by atoms with Crippen LogP contribution in [0.3, 0.4) is 0 Å². The van der Waals surface area contributed by atoms with Crippen molar-refractivity contribution in [3.8, 4) is 17.2 Å². The zero-order chi connectivity index (χ0) is 22.1. The summed E-state index contributed by atoms with van der Waals surface area (Å²) in [5, 5.41) is 3.87. The molecule has 7 nitrogen and oxygen atoms in total. The van der Waals surface area contributed by atoms with Crippen molar-refractivity contribution >= 4 is 16.2 Å². The van der Waals surface area contributed by atoms with E-state index in [4.69, 9.17) is 14.2 Å². The molecular weight excluding hydrogens is 416 g/mol. The molecule has 0 aliphatic heterocycles. The molecule has 31 heavy (non-hydrogen) atoms. The number of sulfonamides is 1. The van der Waals surface area contributed by atoms with Crippen molar-refractivity contribution in [2.24, 2.45) is 5.10 Å². The minimum absolute atomic E-state index is 0.0923. The Balaban J connectivity index is 1.68. The van der Waals surface area contributed by atoms with Gasteiger partial charge in [0.25, 0.3) is 10.0 Å². The van der Waals surface area contributed by atoms with Crippen molar-refractivity contribution in [1.82, 2.24) is 4.83 Å². The largest absolute Gasteiger partial charge is 0.494 e. The predicted molar refractivity (Wildman–Crippen MR) is 119 cm³/mol. The third-order valence-corrected chi connectivity index (χ3v) is 5.49. The minimum atomic E-state index is -3.79. The normalized spacial score (nSPS) is 11.3. The number of methoxy groups -OCH3 is 1. The summed E-state index contributed by atoms with van der Waals surface area (Å²) in [4.78, 5) is 2.30. The van der Waals surface area contributed by atoms with Crippen molar-refractivity contribution in [2.75, 3.05) is 13.7 Å². The number of nitrogens with zero attached hydrogens (tertiary/aromatic N) is 1. The van der Waals surface area contributed by atoms with E-state index in [9.17, 15) is 8.42 Å². The average molecular weight is 441 g/mol. The van der Waals surface area contributed by atoms with E-state index in [0.717, 1.165) is 5.56 Å². The van der Waals surface area contributed by atoms with Gasteiger partial charge in [0.05, 0.1) is 24.8 Å². The molecule has 8 heteroatoms. The van der Waals surface area contributed by atoms with E-state index < -0.39 is 10.0 Å². The minimum Gasteiger partial charge on any atom is -0.494 e. The molecule has 0 heterocycles. The third kappa shape index (κ3) is 6.23. The molecule has 0 aromatic heterocycles. The Kier molecular flexibility index (Phi) is 7.50. The van der Waals surface area contributed by atoms with Crippen molar-refractivity contribution in [3.05, 3.63) is 83.9 Å². The van der Waals surface area contributed by atoms with Gasteiger partial charge in [0.1, 0.15) is 12.4 Å². The first-order valence-corrected chi connectivity index (χ1v) is 11.1. The molecule has 3 aromatic rings. The molecule has 0 aliphatic carbocycles. The Morgan fingerprint density at radius 3 is 2.35 bits per heavy atom. The lowest BCUT2D eigenvalue weighted by atomic mass is 10.2. The Bertz CT molecular complexity index is 1110. The first-order valence-electron chi connectivity index (χ1n) is 9.64. The summed E-state index contributed by atoms with van der Waals surface area (Å²) >= 11 is 0. The summed E-state index contributed by atoms with van der Waals surface area (Å²) in [5.74, 6) is 1.71. The molecule has 0 bridgehead atoms. The van der Waals surface area contributed by atoms with Crippen molar-refractivity contribution < 1.29 is 22.6 Å². The molecule has 0 saturated heterocycles. The molecule has 162 valence electrons. The second-order valence-corrected chi connectivity index (χ2v) is 8.10. The van der Waals surface area contributed by atoms with Gasteiger partial charge in [-0.15, -0.1) is 0 Å². The van der Waals surface area contributed by atoms with Crippen LogP contribution in [0.2, 0.25) is 0 Å². The highest BCUT2D eigenvalue weighted by molar-refractivity contribution is 7.89. The first-order chi connectivity index (χ1) is 15.0. The third-order valence-electron chi connectivity index (χ3n) is 4.26. The lowest BCUT2D eigenvalue weighted by Gasteiger charge is -2.11. The summed E-state index contributed by atoms with van der Waals surface area (Å²) in [6.07, 6.45) is 1.40. The van der Waals surface area contributed by atoms with Crippen molar-refractivity contribution in [1.29, 1.82) is 0 Å². The van der Waals surface area contributed by atoms with E-state index in [1.165, 1.54) is 18.3 Å². The lowest BCUT2D eigenvalue weighted by Crippen LogP contribution is -2.18. The first kappa shape index (κ1) is 22.2. The van der Waals surface area contributed by atoms with Gasteiger partial charge in [-0.05, 0) is 60.5 Å². The van der Waals surface area contributed by atoms with Gasteiger partial charge in [-0.3, -0.25) is 0 Å². The molecule has 0 amide bonds. The topological polar surface area (TPSA) is 86.2 Å². The zero-order valence-corrected chi connectivity index (χ0v) is 18.1. The summed E-state index contributed by atoms with van der Waals surface area (Å²) < 4.78 is 41.3. The SMILES string of the molecule is CCOc1ccc(S(=O)(=O)N/N=C/c2ccc(OC)c(OCc3ccccc3)c2)cc1. The number of benzene rings is 3. The number of rotatable bonds is 10. The summed E-state index contributed by atoms with van der Waals surface area (Å²) in [6.45, 7) is 2.74. The zero-order valence-electron chi connectivity index (χ0n) is 17.3. The van der Waals surface area contributed by atoms with Crippen LogP contribution in [0.5, 0.6) is 17.2 Å². The van der Waals surface area contributed by atoms with E-state index in [2.05, 4.69) is 9.93 Å². The van der Waals surface area contributed by atoms with Crippen LogP contribution in [0.1, 0.15) is 18.1 Å². The highest BCUT2D eigenvalue weighted by atomic mass is 32.2. The second-order valence-electron chi connectivity index (χ2n) is 6.44. The summed E-state index contributed by atoms with van der Waals surface area (Å²) in [5.41, 5.74) is 1.67. The smallest absolute Gasteiger partial charge is 0.276 e. The second kappa shape index (κ2) is 10.5. The monoisotopic (exact) mass is 440 g/mol. The highest BCUT2D eigenvalue weighted by Crippen LogP contribution is 2.28. The number of nitrogens with one attached hydrogen (secondary N) is 1. The molecule has 0 spiro atoms. The van der Waals surface area contributed by atoms with Crippen LogP contribution in [0, 0.1) is 0 Å². The molecule has 0 aliphatic rings. The van der Waals surface area contributed by atoms with Gasteiger partial charge in [0.2, 0.25) is 0 Å². The summed E-state index contributed by atoms with van der Waals surface area (Å²) in [7, 11) is -2.23. The number of hydrogen-bond acceptors (Lipinski definition) is 6. The summed E-state index contributed by atoms with van der Waals surface area (Å²) in [6, 6.07) is 21.1. The number of hydrazone groups is 1. The van der Waals surface area contributed by atoms with E-state index in [-0.39, 0.29) is 4.90 Å². The standard InChI is InChI=1S/C23H24N2O5S/c1-3-29-20-10-12-21(13-11-20)31(26,27)25-24-16-19-9-14-22(28-2)23(15-19)30-17-18-7-5-4-6-8-18/h4-16,25H,3,17H2,1-2H3/b24-16+.